The van der Waals surface area contributed by atoms with E-state index in [2.05, 4.69) is 15.2 Å². The molecule has 2 amide bonds. The van der Waals surface area contributed by atoms with E-state index in [1.807, 2.05) is 23.1 Å². The van der Waals surface area contributed by atoms with Gasteiger partial charge in [0.1, 0.15) is 0 Å². The van der Waals surface area contributed by atoms with Gasteiger partial charge in [-0.3, -0.25) is 9.88 Å². The van der Waals surface area contributed by atoms with Crippen LogP contribution in [0.1, 0.15) is 24.6 Å². The summed E-state index contributed by atoms with van der Waals surface area (Å²) in [5.74, 6) is 0. The number of hydrogen-bond donors (Lipinski definition) is 1. The summed E-state index contributed by atoms with van der Waals surface area (Å²) in [7, 11) is 0. The second-order valence-corrected chi connectivity index (χ2v) is 5.79. The van der Waals surface area contributed by atoms with Gasteiger partial charge in [-0.25, -0.2) is 4.79 Å². The van der Waals surface area contributed by atoms with E-state index >= 15 is 0 Å². The molecule has 2 fully saturated rings. The molecule has 0 bridgehead atoms. The number of nitrogens with zero attached hydrogens (tertiary/aromatic N) is 3. The summed E-state index contributed by atoms with van der Waals surface area (Å²) in [4.78, 5) is 21.1. The molecule has 2 saturated heterocycles. The van der Waals surface area contributed by atoms with Gasteiger partial charge in [0.25, 0.3) is 0 Å². The molecule has 0 aliphatic carbocycles. The Morgan fingerprint density at radius 2 is 2.18 bits per heavy atom. The van der Waals surface area contributed by atoms with Gasteiger partial charge in [-0.2, -0.15) is 0 Å². The highest BCUT2D eigenvalue weighted by Crippen LogP contribution is 2.30. The van der Waals surface area contributed by atoms with Crippen LogP contribution in [0.25, 0.3) is 0 Å². The zero-order valence-corrected chi connectivity index (χ0v) is 12.9. The monoisotopic (exact) mass is 304 g/mol. The fraction of sp³-hybridized carbons (Fsp3) is 0.625. The summed E-state index contributed by atoms with van der Waals surface area (Å²) < 4.78 is 5.33. The largest absolute Gasteiger partial charge is 0.379 e. The molecule has 0 radical (unpaired) electrons. The van der Waals surface area contributed by atoms with Crippen molar-refractivity contribution >= 4 is 6.03 Å². The lowest BCUT2D eigenvalue weighted by atomic mass is 10.1. The topological polar surface area (TPSA) is 57.7 Å². The van der Waals surface area contributed by atoms with Gasteiger partial charge in [0.05, 0.1) is 24.9 Å². The number of pyridine rings is 1. The molecule has 2 aliphatic rings. The maximum absolute atomic E-state index is 12.4. The standard InChI is InChI=1S/C16H24N4O2/c21-16(18-7-9-19-10-12-22-13-11-19)20-8-3-5-15(20)14-4-1-2-6-17-14/h1-2,4,6,15H,3,5,7-13H2,(H,18,21)/t15-/m0/s1. The number of amides is 2. The van der Waals surface area contributed by atoms with Crippen molar-refractivity contribution in [2.45, 2.75) is 18.9 Å². The molecule has 3 rings (SSSR count). The van der Waals surface area contributed by atoms with Crippen LogP contribution in [0.5, 0.6) is 0 Å². The Morgan fingerprint density at radius 3 is 2.95 bits per heavy atom. The Kier molecular flexibility index (Phi) is 5.24. The lowest BCUT2D eigenvalue weighted by Crippen LogP contribution is -2.45. The number of carbonyl (C=O) groups excluding carboxylic acids is 1. The molecule has 1 aromatic heterocycles. The van der Waals surface area contributed by atoms with Crippen molar-refractivity contribution in [1.29, 1.82) is 0 Å². The van der Waals surface area contributed by atoms with Gasteiger partial charge in [0.15, 0.2) is 0 Å². The molecule has 1 N–H and O–H groups in total. The molecule has 120 valence electrons. The predicted molar refractivity (Wildman–Crippen MR) is 83.6 cm³/mol. The van der Waals surface area contributed by atoms with Crippen molar-refractivity contribution in [2.75, 3.05) is 45.9 Å². The third-order valence-electron chi connectivity index (χ3n) is 4.35. The fourth-order valence-corrected chi connectivity index (χ4v) is 3.14. The van der Waals surface area contributed by atoms with Crippen molar-refractivity contribution in [3.63, 3.8) is 0 Å². The van der Waals surface area contributed by atoms with Crippen LogP contribution < -0.4 is 5.32 Å². The van der Waals surface area contributed by atoms with Crippen LogP contribution in [0.3, 0.4) is 0 Å². The first-order chi connectivity index (χ1) is 10.8. The van der Waals surface area contributed by atoms with Crippen molar-refractivity contribution in [1.82, 2.24) is 20.1 Å². The Bertz CT molecular complexity index is 476. The average Bonchev–Trinajstić information content (AvgIpc) is 3.06. The van der Waals surface area contributed by atoms with Gasteiger partial charge >= 0.3 is 6.03 Å². The first-order valence-electron chi connectivity index (χ1n) is 8.10. The number of nitrogens with one attached hydrogen (secondary N) is 1. The highest BCUT2D eigenvalue weighted by molar-refractivity contribution is 5.75. The van der Waals surface area contributed by atoms with Gasteiger partial charge in [0, 0.05) is 38.9 Å². The van der Waals surface area contributed by atoms with E-state index in [9.17, 15) is 4.79 Å². The second-order valence-electron chi connectivity index (χ2n) is 5.79. The molecule has 0 spiro atoms. The second kappa shape index (κ2) is 7.56. The molecule has 0 aromatic carbocycles. The summed E-state index contributed by atoms with van der Waals surface area (Å²) in [6.45, 7) is 5.88. The first-order valence-corrected chi connectivity index (χ1v) is 8.10. The Balaban J connectivity index is 1.48. The van der Waals surface area contributed by atoms with Crippen LogP contribution in [0.15, 0.2) is 24.4 Å². The molecule has 3 heterocycles. The summed E-state index contributed by atoms with van der Waals surface area (Å²) in [6, 6.07) is 6.04. The quantitative estimate of drug-likeness (QED) is 0.910. The van der Waals surface area contributed by atoms with E-state index < -0.39 is 0 Å². The molecular weight excluding hydrogens is 280 g/mol. The Labute approximate surface area is 131 Å². The van der Waals surface area contributed by atoms with Gasteiger partial charge in [-0.15, -0.1) is 0 Å². The number of morpholine rings is 1. The van der Waals surface area contributed by atoms with Crippen molar-refractivity contribution in [3.05, 3.63) is 30.1 Å². The first kappa shape index (κ1) is 15.2. The fourth-order valence-electron chi connectivity index (χ4n) is 3.14. The number of carbonyl (C=O) groups is 1. The smallest absolute Gasteiger partial charge is 0.318 e. The van der Waals surface area contributed by atoms with E-state index in [0.29, 0.717) is 6.54 Å². The molecule has 6 nitrogen and oxygen atoms in total. The van der Waals surface area contributed by atoms with E-state index in [1.54, 1.807) is 6.20 Å². The molecule has 1 atom stereocenters. The van der Waals surface area contributed by atoms with Crippen molar-refractivity contribution in [3.8, 4) is 0 Å². The van der Waals surface area contributed by atoms with Gasteiger partial charge in [0.2, 0.25) is 0 Å². The number of aromatic nitrogens is 1. The van der Waals surface area contributed by atoms with Gasteiger partial charge in [-0.1, -0.05) is 6.07 Å². The molecule has 1 aromatic rings. The zero-order valence-electron chi connectivity index (χ0n) is 12.9. The highest BCUT2D eigenvalue weighted by atomic mass is 16.5. The van der Waals surface area contributed by atoms with Crippen LogP contribution in [0.4, 0.5) is 4.79 Å². The number of ether oxygens (including phenoxy) is 1. The molecule has 22 heavy (non-hydrogen) atoms. The maximum Gasteiger partial charge on any atom is 0.318 e. The van der Waals surface area contributed by atoms with Crippen LogP contribution in [-0.2, 0) is 4.74 Å². The van der Waals surface area contributed by atoms with E-state index in [-0.39, 0.29) is 12.1 Å². The molecule has 0 saturated carbocycles. The molecular formula is C16H24N4O2. The third kappa shape index (κ3) is 3.75. The van der Waals surface area contributed by atoms with E-state index in [0.717, 1.165) is 57.9 Å². The summed E-state index contributed by atoms with van der Waals surface area (Å²) in [5.41, 5.74) is 0.989. The van der Waals surface area contributed by atoms with E-state index in [1.165, 1.54) is 0 Å². The minimum Gasteiger partial charge on any atom is -0.379 e. The summed E-state index contributed by atoms with van der Waals surface area (Å²) >= 11 is 0. The highest BCUT2D eigenvalue weighted by Gasteiger charge is 2.30. The van der Waals surface area contributed by atoms with Crippen molar-refractivity contribution in [2.24, 2.45) is 0 Å². The van der Waals surface area contributed by atoms with E-state index in [4.69, 9.17) is 4.74 Å². The minimum absolute atomic E-state index is 0.0291. The molecule has 6 heteroatoms. The normalized spacial score (nSPS) is 22.7. The SMILES string of the molecule is O=C(NCCN1CCOCC1)N1CCC[C@H]1c1ccccn1. The lowest BCUT2D eigenvalue weighted by molar-refractivity contribution is 0.0385. The molecule has 2 aliphatic heterocycles. The van der Waals surface area contributed by atoms with Gasteiger partial charge in [-0.05, 0) is 25.0 Å². The van der Waals surface area contributed by atoms with Crippen LogP contribution in [0, 0.1) is 0 Å². The van der Waals surface area contributed by atoms with Crippen LogP contribution in [-0.4, -0.2) is 66.8 Å². The Morgan fingerprint density at radius 1 is 1.32 bits per heavy atom. The summed E-state index contributed by atoms with van der Waals surface area (Å²) in [5, 5.41) is 3.05. The molecule has 0 unspecified atom stereocenters. The average molecular weight is 304 g/mol. The maximum atomic E-state index is 12.4. The van der Waals surface area contributed by atoms with Crippen molar-refractivity contribution < 1.29 is 9.53 Å². The predicted octanol–water partition coefficient (Wildman–Crippen LogP) is 1.26. The number of likely N-dealkylation sites (tertiary alicyclic amines) is 1. The number of hydrogen-bond acceptors (Lipinski definition) is 4. The lowest BCUT2D eigenvalue weighted by Gasteiger charge is -2.28. The minimum atomic E-state index is 0.0291. The zero-order chi connectivity index (χ0) is 15.2. The van der Waals surface area contributed by atoms with Gasteiger partial charge < -0.3 is 15.0 Å². The number of urea groups is 1. The number of rotatable bonds is 4. The third-order valence-corrected chi connectivity index (χ3v) is 4.35. The van der Waals surface area contributed by atoms with Crippen LogP contribution in [0.2, 0.25) is 0 Å². The Hall–Kier alpha value is -1.66. The summed E-state index contributed by atoms with van der Waals surface area (Å²) in [6.07, 6.45) is 3.83. The van der Waals surface area contributed by atoms with Crippen LogP contribution >= 0.6 is 0 Å².